The third-order valence-electron chi connectivity index (χ3n) is 2.85. The average Bonchev–Trinajstić information content (AvgIpc) is 2.58. The van der Waals surface area contributed by atoms with Crippen LogP contribution in [-0.4, -0.2) is 35.7 Å². The first-order valence-corrected chi connectivity index (χ1v) is 7.75. The van der Waals surface area contributed by atoms with E-state index in [0.717, 1.165) is 0 Å². The molecule has 0 aliphatic heterocycles. The molecule has 0 aliphatic carbocycles. The van der Waals surface area contributed by atoms with Crippen molar-refractivity contribution in [2.75, 3.05) is 6.61 Å². The molecule has 1 heterocycles. The Morgan fingerprint density at radius 3 is 2.47 bits per heavy atom. The average molecular weight is 310 g/mol. The molecule has 110 valence electrons. The summed E-state index contributed by atoms with van der Waals surface area (Å²) in [6, 6.07) is -0.402. The summed E-state index contributed by atoms with van der Waals surface area (Å²) in [6.07, 6.45) is 1.67. The summed E-state index contributed by atoms with van der Waals surface area (Å²) >= 11 is 5.90. The molecule has 0 fully saturated rings. The van der Waals surface area contributed by atoms with Gasteiger partial charge in [-0.1, -0.05) is 32.4 Å². The Bertz CT molecular complexity index is 534. The first-order chi connectivity index (χ1) is 8.59. The Hall–Kier alpha value is -0.630. The van der Waals surface area contributed by atoms with Crippen molar-refractivity contribution in [3.63, 3.8) is 0 Å². The van der Waals surface area contributed by atoms with Gasteiger partial charge in [0.2, 0.25) is 5.03 Å². The van der Waals surface area contributed by atoms with Gasteiger partial charge in [0.1, 0.15) is 5.15 Å². The highest BCUT2D eigenvalue weighted by Crippen LogP contribution is 2.25. The molecule has 1 aromatic heterocycles. The highest BCUT2D eigenvalue weighted by Gasteiger charge is 2.31. The molecule has 0 aliphatic rings. The minimum atomic E-state index is -3.80. The van der Waals surface area contributed by atoms with E-state index in [2.05, 4.69) is 9.71 Å². The standard InChI is InChI=1S/C11H20ClN3O3S/c1-11(2,3)8(5-6-16)14-19(17,18)10-9(12)15(4)7-13-10/h7-8,14,16H,5-6H2,1-4H3. The van der Waals surface area contributed by atoms with Crippen molar-refractivity contribution in [1.82, 2.24) is 14.3 Å². The zero-order valence-corrected chi connectivity index (χ0v) is 13.1. The summed E-state index contributed by atoms with van der Waals surface area (Å²) in [7, 11) is -2.19. The third kappa shape index (κ3) is 3.92. The van der Waals surface area contributed by atoms with E-state index in [1.807, 2.05) is 20.8 Å². The van der Waals surface area contributed by atoms with E-state index in [9.17, 15) is 8.42 Å². The van der Waals surface area contributed by atoms with Crippen molar-refractivity contribution in [3.05, 3.63) is 11.5 Å². The second-order valence-corrected chi connectivity index (χ2v) is 7.49. The molecule has 0 saturated carbocycles. The molecule has 0 amide bonds. The van der Waals surface area contributed by atoms with Gasteiger partial charge >= 0.3 is 0 Å². The second-order valence-electron chi connectivity index (χ2n) is 5.50. The molecule has 0 spiro atoms. The molecule has 1 atom stereocenters. The van der Waals surface area contributed by atoms with Crippen molar-refractivity contribution in [1.29, 1.82) is 0 Å². The van der Waals surface area contributed by atoms with Crippen LogP contribution in [0.4, 0.5) is 0 Å². The van der Waals surface area contributed by atoms with E-state index in [0.29, 0.717) is 6.42 Å². The maximum absolute atomic E-state index is 12.2. The molecular weight excluding hydrogens is 290 g/mol. The number of nitrogens with one attached hydrogen (secondary N) is 1. The largest absolute Gasteiger partial charge is 0.396 e. The van der Waals surface area contributed by atoms with Gasteiger partial charge in [-0.15, -0.1) is 0 Å². The van der Waals surface area contributed by atoms with Gasteiger partial charge in [0.25, 0.3) is 10.0 Å². The van der Waals surface area contributed by atoms with Crippen molar-refractivity contribution < 1.29 is 13.5 Å². The van der Waals surface area contributed by atoms with Crippen LogP contribution in [0, 0.1) is 5.41 Å². The first-order valence-electron chi connectivity index (χ1n) is 5.89. The van der Waals surface area contributed by atoms with Crippen LogP contribution in [0.15, 0.2) is 11.4 Å². The van der Waals surface area contributed by atoms with Crippen LogP contribution in [-0.2, 0) is 17.1 Å². The van der Waals surface area contributed by atoms with Crippen LogP contribution < -0.4 is 4.72 Å². The number of rotatable bonds is 5. The zero-order valence-electron chi connectivity index (χ0n) is 11.5. The van der Waals surface area contributed by atoms with Crippen LogP contribution in [0.5, 0.6) is 0 Å². The van der Waals surface area contributed by atoms with E-state index in [1.54, 1.807) is 7.05 Å². The molecule has 1 rings (SSSR count). The van der Waals surface area contributed by atoms with E-state index in [1.165, 1.54) is 10.9 Å². The molecule has 0 aromatic carbocycles. The number of hydrogen-bond donors (Lipinski definition) is 2. The molecule has 1 unspecified atom stereocenters. The van der Waals surface area contributed by atoms with Crippen molar-refractivity contribution >= 4 is 21.6 Å². The number of sulfonamides is 1. The minimum absolute atomic E-state index is 0.0594. The molecule has 0 bridgehead atoms. The van der Waals surface area contributed by atoms with Gasteiger partial charge < -0.3 is 9.67 Å². The summed E-state index contributed by atoms with van der Waals surface area (Å²) < 4.78 is 28.5. The van der Waals surface area contributed by atoms with E-state index < -0.39 is 16.1 Å². The lowest BCUT2D eigenvalue weighted by Gasteiger charge is -2.30. The molecule has 2 N–H and O–H groups in total. The van der Waals surface area contributed by atoms with Crippen molar-refractivity contribution in [2.45, 2.75) is 38.3 Å². The fraction of sp³-hybridized carbons (Fsp3) is 0.727. The maximum atomic E-state index is 12.2. The van der Waals surface area contributed by atoms with E-state index in [-0.39, 0.29) is 22.2 Å². The second kappa shape index (κ2) is 5.78. The lowest BCUT2D eigenvalue weighted by atomic mass is 9.86. The summed E-state index contributed by atoms with van der Waals surface area (Å²) in [5.74, 6) is 0. The normalized spacial score (nSPS) is 14.6. The summed E-state index contributed by atoms with van der Waals surface area (Å²) in [6.45, 7) is 5.60. The topological polar surface area (TPSA) is 84.2 Å². The number of halogens is 1. The molecule has 0 radical (unpaired) electrons. The Morgan fingerprint density at radius 2 is 2.11 bits per heavy atom. The number of nitrogens with zero attached hydrogens (tertiary/aromatic N) is 2. The number of aryl methyl sites for hydroxylation is 1. The van der Waals surface area contributed by atoms with Crippen LogP contribution in [0.3, 0.4) is 0 Å². The Labute approximate surface area is 118 Å². The van der Waals surface area contributed by atoms with E-state index in [4.69, 9.17) is 16.7 Å². The summed E-state index contributed by atoms with van der Waals surface area (Å²) in [5.41, 5.74) is -0.322. The number of hydrogen-bond acceptors (Lipinski definition) is 4. The van der Waals surface area contributed by atoms with Gasteiger partial charge in [-0.25, -0.2) is 18.1 Å². The van der Waals surface area contributed by atoms with Crippen LogP contribution in [0.25, 0.3) is 0 Å². The molecule has 6 nitrogen and oxygen atoms in total. The van der Waals surface area contributed by atoms with Crippen molar-refractivity contribution in [3.8, 4) is 0 Å². The van der Waals surface area contributed by atoms with E-state index >= 15 is 0 Å². The number of aliphatic hydroxyl groups is 1. The quantitative estimate of drug-likeness (QED) is 0.854. The van der Waals surface area contributed by atoms with Crippen molar-refractivity contribution in [2.24, 2.45) is 12.5 Å². The Morgan fingerprint density at radius 1 is 1.53 bits per heavy atom. The Balaban J connectivity index is 3.05. The van der Waals surface area contributed by atoms with Gasteiger partial charge in [-0.05, 0) is 11.8 Å². The minimum Gasteiger partial charge on any atom is -0.396 e. The van der Waals surface area contributed by atoms with Gasteiger partial charge in [0.05, 0.1) is 6.33 Å². The molecule has 0 saturated heterocycles. The van der Waals surface area contributed by atoms with Gasteiger partial charge in [0.15, 0.2) is 0 Å². The third-order valence-corrected chi connectivity index (χ3v) is 4.81. The predicted molar refractivity (Wildman–Crippen MR) is 73.5 cm³/mol. The summed E-state index contributed by atoms with van der Waals surface area (Å²) in [5, 5.41) is 8.91. The summed E-state index contributed by atoms with van der Waals surface area (Å²) in [4.78, 5) is 3.80. The highest BCUT2D eigenvalue weighted by molar-refractivity contribution is 7.89. The first kappa shape index (κ1) is 16.4. The van der Waals surface area contributed by atoms with Gasteiger partial charge in [-0.3, -0.25) is 0 Å². The number of aromatic nitrogens is 2. The lowest BCUT2D eigenvalue weighted by molar-refractivity contribution is 0.214. The predicted octanol–water partition coefficient (Wildman–Crippen LogP) is 1.15. The van der Waals surface area contributed by atoms with Gasteiger partial charge in [-0.2, -0.15) is 0 Å². The number of aliphatic hydroxyl groups excluding tert-OH is 1. The molecule has 19 heavy (non-hydrogen) atoms. The fourth-order valence-electron chi connectivity index (χ4n) is 1.62. The molecular formula is C11H20ClN3O3S. The molecule has 8 heteroatoms. The fourth-order valence-corrected chi connectivity index (χ4v) is 3.52. The zero-order chi connectivity index (χ0) is 14.8. The smallest absolute Gasteiger partial charge is 0.261 e. The highest BCUT2D eigenvalue weighted by atomic mass is 35.5. The molecule has 1 aromatic rings. The van der Waals surface area contributed by atoms with Crippen LogP contribution >= 0.6 is 11.6 Å². The van der Waals surface area contributed by atoms with Crippen LogP contribution in [0.2, 0.25) is 5.15 Å². The van der Waals surface area contributed by atoms with Gasteiger partial charge in [0, 0.05) is 19.7 Å². The lowest BCUT2D eigenvalue weighted by Crippen LogP contribution is -2.44. The van der Waals surface area contributed by atoms with Crippen LogP contribution in [0.1, 0.15) is 27.2 Å². The Kier molecular flexibility index (Phi) is 5.00. The number of imidazole rings is 1. The maximum Gasteiger partial charge on any atom is 0.261 e. The monoisotopic (exact) mass is 309 g/mol. The SMILES string of the molecule is Cn1cnc(S(=O)(=O)NC(CCO)C(C)(C)C)c1Cl.